The zero-order valence-corrected chi connectivity index (χ0v) is 17.0. The molecule has 0 unspecified atom stereocenters. The van der Waals surface area contributed by atoms with E-state index in [0.29, 0.717) is 13.1 Å². The van der Waals surface area contributed by atoms with Crippen molar-refractivity contribution in [1.29, 1.82) is 0 Å². The van der Waals surface area contributed by atoms with Gasteiger partial charge < -0.3 is 19.4 Å². The van der Waals surface area contributed by atoms with Crippen LogP contribution in [0.3, 0.4) is 0 Å². The quantitative estimate of drug-likeness (QED) is 0.776. The Bertz CT molecular complexity index is 785. The molecule has 0 bridgehead atoms. The summed E-state index contributed by atoms with van der Waals surface area (Å²) in [4.78, 5) is 19.1. The number of anilines is 2. The molecule has 2 aliphatic rings. The van der Waals surface area contributed by atoms with Gasteiger partial charge in [0.15, 0.2) is 17.7 Å². The average Bonchev–Trinajstić information content (AvgIpc) is 2.80. The van der Waals surface area contributed by atoms with Crippen molar-refractivity contribution in [1.82, 2.24) is 15.1 Å². The fraction of sp³-hybridized carbons (Fsp3) is 0.500. The van der Waals surface area contributed by atoms with E-state index in [1.54, 1.807) is 0 Å². The van der Waals surface area contributed by atoms with Crippen LogP contribution in [0.15, 0.2) is 42.5 Å². The Kier molecular flexibility index (Phi) is 6.12. The number of aromatic nitrogens is 2. The molecule has 3 heterocycles. The molecule has 1 atom stereocenters. The predicted molar refractivity (Wildman–Crippen MR) is 113 cm³/mol. The molecule has 0 aliphatic carbocycles. The summed E-state index contributed by atoms with van der Waals surface area (Å²) in [5.74, 6) is 2.59. The second-order valence-electron chi connectivity index (χ2n) is 7.68. The monoisotopic (exact) mass is 395 g/mol. The van der Waals surface area contributed by atoms with Gasteiger partial charge in [-0.15, -0.1) is 10.2 Å². The highest BCUT2D eigenvalue weighted by Gasteiger charge is 2.26. The van der Waals surface area contributed by atoms with Gasteiger partial charge in [-0.3, -0.25) is 4.79 Å². The number of piperidine rings is 1. The number of piperazine rings is 1. The van der Waals surface area contributed by atoms with Crippen molar-refractivity contribution in [3.63, 3.8) is 0 Å². The van der Waals surface area contributed by atoms with Crippen LogP contribution in [0, 0.1) is 0 Å². The van der Waals surface area contributed by atoms with Crippen molar-refractivity contribution in [2.45, 2.75) is 32.3 Å². The second-order valence-corrected chi connectivity index (χ2v) is 7.68. The number of rotatable bonds is 5. The average molecular weight is 396 g/mol. The summed E-state index contributed by atoms with van der Waals surface area (Å²) in [6.45, 7) is 6.78. The number of carbonyl (C=O) groups excluding carboxylic acids is 1. The van der Waals surface area contributed by atoms with Crippen LogP contribution in [0.4, 0.5) is 11.6 Å². The minimum Gasteiger partial charge on any atom is -0.481 e. The van der Waals surface area contributed by atoms with E-state index < -0.39 is 6.10 Å². The molecule has 2 aromatic rings. The first-order valence-corrected chi connectivity index (χ1v) is 10.5. The number of amides is 1. The number of para-hydroxylation sites is 1. The molecule has 2 saturated heterocycles. The highest BCUT2D eigenvalue weighted by Crippen LogP contribution is 2.20. The smallest absolute Gasteiger partial charge is 0.263 e. The molecule has 0 spiro atoms. The van der Waals surface area contributed by atoms with Gasteiger partial charge in [-0.1, -0.05) is 18.2 Å². The Balaban J connectivity index is 1.29. The van der Waals surface area contributed by atoms with E-state index in [4.69, 9.17) is 4.74 Å². The van der Waals surface area contributed by atoms with Gasteiger partial charge in [0.05, 0.1) is 0 Å². The highest BCUT2D eigenvalue weighted by molar-refractivity contribution is 5.81. The summed E-state index contributed by atoms with van der Waals surface area (Å²) < 4.78 is 5.78. The molecule has 1 aromatic carbocycles. The van der Waals surface area contributed by atoms with Crippen LogP contribution in [0.25, 0.3) is 0 Å². The molecule has 7 heteroatoms. The molecule has 1 aromatic heterocycles. The Hall–Kier alpha value is -2.83. The predicted octanol–water partition coefficient (Wildman–Crippen LogP) is 2.58. The lowest BCUT2D eigenvalue weighted by Gasteiger charge is -2.36. The first-order chi connectivity index (χ1) is 14.2. The summed E-state index contributed by atoms with van der Waals surface area (Å²) in [6.07, 6.45) is 3.27. The lowest BCUT2D eigenvalue weighted by Crippen LogP contribution is -2.52. The summed E-state index contributed by atoms with van der Waals surface area (Å²) in [7, 11) is 0. The summed E-state index contributed by atoms with van der Waals surface area (Å²) >= 11 is 0. The lowest BCUT2D eigenvalue weighted by atomic mass is 10.1. The van der Waals surface area contributed by atoms with Gasteiger partial charge in [-0.2, -0.15) is 0 Å². The number of benzene rings is 1. The van der Waals surface area contributed by atoms with Gasteiger partial charge >= 0.3 is 0 Å². The zero-order valence-electron chi connectivity index (χ0n) is 17.0. The summed E-state index contributed by atoms with van der Waals surface area (Å²) in [6, 6.07) is 13.6. The van der Waals surface area contributed by atoms with Crippen LogP contribution in [-0.4, -0.2) is 66.4 Å². The van der Waals surface area contributed by atoms with Crippen LogP contribution in [0.2, 0.25) is 0 Å². The standard InChI is InChI=1S/C22H29N5O2/c1-18(29-19-8-4-2-5-9-19)22(28)27-16-14-26(15-17-27)21-11-10-20(23-24-21)25-12-6-3-7-13-25/h2,4-5,8-11,18H,3,6-7,12-17H2,1H3/t18-/m1/s1. The molecule has 29 heavy (non-hydrogen) atoms. The SMILES string of the molecule is C[C@@H](Oc1ccccc1)C(=O)N1CCN(c2ccc(N3CCCCC3)nn2)CC1. The number of carbonyl (C=O) groups is 1. The Morgan fingerprint density at radius 1 is 0.828 bits per heavy atom. The van der Waals surface area contributed by atoms with Gasteiger partial charge in [-0.25, -0.2) is 0 Å². The molecule has 154 valence electrons. The number of hydrogen-bond donors (Lipinski definition) is 0. The van der Waals surface area contributed by atoms with Crippen LogP contribution in [-0.2, 0) is 4.79 Å². The van der Waals surface area contributed by atoms with Crippen LogP contribution >= 0.6 is 0 Å². The van der Waals surface area contributed by atoms with Gasteiger partial charge in [-0.05, 0) is 50.5 Å². The van der Waals surface area contributed by atoms with Crippen molar-refractivity contribution in [3.8, 4) is 5.75 Å². The lowest BCUT2D eigenvalue weighted by molar-refractivity contribution is -0.138. The first-order valence-electron chi connectivity index (χ1n) is 10.5. The maximum Gasteiger partial charge on any atom is 0.263 e. The van der Waals surface area contributed by atoms with E-state index in [1.165, 1.54) is 19.3 Å². The Morgan fingerprint density at radius 3 is 2.00 bits per heavy atom. The van der Waals surface area contributed by atoms with Crippen molar-refractivity contribution < 1.29 is 9.53 Å². The van der Waals surface area contributed by atoms with Crippen molar-refractivity contribution in [3.05, 3.63) is 42.5 Å². The third-order valence-electron chi connectivity index (χ3n) is 5.64. The molecule has 7 nitrogen and oxygen atoms in total. The zero-order chi connectivity index (χ0) is 20.1. The molecule has 1 amide bonds. The normalized spacial score (nSPS) is 18.4. The number of nitrogens with zero attached hydrogens (tertiary/aromatic N) is 5. The Labute approximate surface area is 172 Å². The van der Waals surface area contributed by atoms with E-state index in [-0.39, 0.29) is 5.91 Å². The van der Waals surface area contributed by atoms with Gasteiger partial charge in [0.1, 0.15) is 5.75 Å². The van der Waals surface area contributed by atoms with E-state index in [9.17, 15) is 4.79 Å². The Morgan fingerprint density at radius 2 is 1.41 bits per heavy atom. The van der Waals surface area contributed by atoms with Crippen molar-refractivity contribution >= 4 is 17.5 Å². The third kappa shape index (κ3) is 4.78. The topological polar surface area (TPSA) is 61.8 Å². The second kappa shape index (κ2) is 9.11. The summed E-state index contributed by atoms with van der Waals surface area (Å²) in [5, 5.41) is 8.89. The van der Waals surface area contributed by atoms with Crippen LogP contribution < -0.4 is 14.5 Å². The number of ether oxygens (including phenoxy) is 1. The van der Waals surface area contributed by atoms with Gasteiger partial charge in [0.2, 0.25) is 0 Å². The summed E-state index contributed by atoms with van der Waals surface area (Å²) in [5.41, 5.74) is 0. The van der Waals surface area contributed by atoms with Crippen LogP contribution in [0.5, 0.6) is 5.75 Å². The van der Waals surface area contributed by atoms with Gasteiger partial charge in [0, 0.05) is 39.3 Å². The first kappa shape index (κ1) is 19.5. The largest absolute Gasteiger partial charge is 0.481 e. The number of hydrogen-bond acceptors (Lipinski definition) is 6. The highest BCUT2D eigenvalue weighted by atomic mass is 16.5. The molecule has 2 aliphatic heterocycles. The molecular weight excluding hydrogens is 366 g/mol. The molecular formula is C22H29N5O2. The van der Waals surface area contributed by atoms with E-state index in [0.717, 1.165) is 43.6 Å². The molecule has 0 radical (unpaired) electrons. The fourth-order valence-electron chi connectivity index (χ4n) is 3.95. The van der Waals surface area contributed by atoms with Crippen molar-refractivity contribution in [2.24, 2.45) is 0 Å². The van der Waals surface area contributed by atoms with Crippen LogP contribution in [0.1, 0.15) is 26.2 Å². The minimum atomic E-state index is -0.493. The fourth-order valence-corrected chi connectivity index (χ4v) is 3.95. The van der Waals surface area contributed by atoms with E-state index >= 15 is 0 Å². The third-order valence-corrected chi connectivity index (χ3v) is 5.64. The van der Waals surface area contributed by atoms with Gasteiger partial charge in [0.25, 0.3) is 5.91 Å². The molecule has 2 fully saturated rings. The van der Waals surface area contributed by atoms with Crippen molar-refractivity contribution in [2.75, 3.05) is 49.1 Å². The molecule has 0 N–H and O–H groups in total. The molecule has 4 rings (SSSR count). The minimum absolute atomic E-state index is 0.0278. The van der Waals surface area contributed by atoms with E-state index in [1.807, 2.05) is 42.2 Å². The molecule has 0 saturated carbocycles. The van der Waals surface area contributed by atoms with E-state index in [2.05, 4.69) is 32.1 Å². The maximum atomic E-state index is 12.7. The maximum absolute atomic E-state index is 12.7.